The molecular weight excluding hydrogens is 302 g/mol. The van der Waals surface area contributed by atoms with Gasteiger partial charge in [-0.25, -0.2) is 0 Å². The molecule has 0 atom stereocenters. The van der Waals surface area contributed by atoms with Gasteiger partial charge in [-0.3, -0.25) is 14.6 Å². The first-order chi connectivity index (χ1) is 11.1. The predicted octanol–water partition coefficient (Wildman–Crippen LogP) is 2.13. The van der Waals surface area contributed by atoms with Gasteiger partial charge in [-0.15, -0.1) is 0 Å². The lowest BCUT2D eigenvalue weighted by molar-refractivity contribution is -0.137. The number of pyridine rings is 1. The summed E-state index contributed by atoms with van der Waals surface area (Å²) in [7, 11) is 0. The van der Waals surface area contributed by atoms with Crippen LogP contribution in [-0.4, -0.2) is 40.2 Å². The second-order valence-corrected chi connectivity index (χ2v) is 4.36. The summed E-state index contributed by atoms with van der Waals surface area (Å²) in [5.41, 5.74) is 0.846. The molecule has 124 valence electrons. The summed E-state index contributed by atoms with van der Waals surface area (Å²) in [5, 5.41) is 22.3. The van der Waals surface area contributed by atoms with Crippen LogP contribution in [0.5, 0.6) is 0 Å². The quantitative estimate of drug-likeness (QED) is 0.583. The number of carbonyl (C=O) groups is 2. The van der Waals surface area contributed by atoms with Crippen molar-refractivity contribution in [1.29, 1.82) is 0 Å². The molecule has 4 N–H and O–H groups in total. The zero-order chi connectivity index (χ0) is 16.9. The molecule has 8 nitrogen and oxygen atoms in total. The van der Waals surface area contributed by atoms with Crippen LogP contribution in [0.4, 0.5) is 11.6 Å². The lowest BCUT2D eigenvalue weighted by Gasteiger charge is -2.01. The molecule has 2 rings (SSSR count). The molecule has 0 aliphatic heterocycles. The Morgan fingerprint density at radius 1 is 1.04 bits per heavy atom. The van der Waals surface area contributed by atoms with Crippen LogP contribution in [-0.2, 0) is 9.59 Å². The topological polar surface area (TPSA) is 125 Å². The van der Waals surface area contributed by atoms with Crippen LogP contribution in [0.2, 0.25) is 0 Å². The Balaban J connectivity index is 0.000000231. The zero-order valence-corrected chi connectivity index (χ0v) is 12.4. The van der Waals surface area contributed by atoms with E-state index >= 15 is 0 Å². The average molecular weight is 321 g/mol. The third-order valence-corrected chi connectivity index (χ3v) is 2.49. The molecule has 0 unspecified atom stereocenters. The summed E-state index contributed by atoms with van der Waals surface area (Å²) < 4.78 is 4.91. The number of nitrogens with zero attached hydrogens (tertiary/aromatic N) is 1. The normalized spacial score (nSPS) is 9.39. The van der Waals surface area contributed by atoms with Gasteiger partial charge in [0.25, 0.3) is 0 Å². The molecule has 2 aromatic rings. The van der Waals surface area contributed by atoms with E-state index in [1.165, 1.54) is 6.26 Å². The molecule has 2 heterocycles. The van der Waals surface area contributed by atoms with E-state index < -0.39 is 11.9 Å². The van der Waals surface area contributed by atoms with Gasteiger partial charge in [-0.2, -0.15) is 0 Å². The number of nitrogens with one attached hydrogen (secondary N) is 2. The minimum Gasteiger partial charge on any atom is -0.481 e. The van der Waals surface area contributed by atoms with Crippen LogP contribution >= 0.6 is 0 Å². The van der Waals surface area contributed by atoms with E-state index in [2.05, 4.69) is 15.6 Å². The number of carboxylic acid groups (broad SMARTS) is 2. The van der Waals surface area contributed by atoms with Gasteiger partial charge >= 0.3 is 11.9 Å². The maximum Gasteiger partial charge on any atom is 0.305 e. The van der Waals surface area contributed by atoms with Crippen molar-refractivity contribution in [1.82, 2.24) is 4.98 Å². The second kappa shape index (κ2) is 10.7. The Morgan fingerprint density at radius 2 is 1.74 bits per heavy atom. The van der Waals surface area contributed by atoms with Crippen LogP contribution in [0, 0.1) is 0 Å². The van der Waals surface area contributed by atoms with Crippen molar-refractivity contribution in [2.45, 2.75) is 12.8 Å². The smallest absolute Gasteiger partial charge is 0.305 e. The Labute approximate surface area is 133 Å². The van der Waals surface area contributed by atoms with Crippen LogP contribution in [0.3, 0.4) is 0 Å². The monoisotopic (exact) mass is 321 g/mol. The highest BCUT2D eigenvalue weighted by atomic mass is 16.4. The fourth-order valence-electron chi connectivity index (χ4n) is 1.45. The van der Waals surface area contributed by atoms with E-state index in [1.807, 2.05) is 6.07 Å². The number of carboxylic acids is 2. The Kier molecular flexibility index (Phi) is 8.35. The molecule has 0 saturated heterocycles. The van der Waals surface area contributed by atoms with Crippen molar-refractivity contribution in [2.24, 2.45) is 0 Å². The van der Waals surface area contributed by atoms with Crippen molar-refractivity contribution in [3.05, 3.63) is 42.9 Å². The van der Waals surface area contributed by atoms with Crippen molar-refractivity contribution >= 4 is 23.5 Å². The van der Waals surface area contributed by atoms with Gasteiger partial charge in [0.2, 0.25) is 0 Å². The van der Waals surface area contributed by atoms with Gasteiger partial charge in [-0.05, 0) is 18.2 Å². The second-order valence-electron chi connectivity index (χ2n) is 4.36. The summed E-state index contributed by atoms with van der Waals surface area (Å²) in [6, 6.07) is 7.11. The highest BCUT2D eigenvalue weighted by Crippen LogP contribution is 2.05. The van der Waals surface area contributed by atoms with Crippen LogP contribution in [0.15, 0.2) is 47.3 Å². The molecule has 0 aromatic carbocycles. The van der Waals surface area contributed by atoms with E-state index in [4.69, 9.17) is 14.6 Å². The largest absolute Gasteiger partial charge is 0.481 e. The molecule has 0 saturated carbocycles. The summed E-state index contributed by atoms with van der Waals surface area (Å²) in [5.74, 6) is -1.01. The highest BCUT2D eigenvalue weighted by Gasteiger charge is 1.97. The average Bonchev–Trinajstić information content (AvgIpc) is 3.02. The zero-order valence-electron chi connectivity index (χ0n) is 12.4. The number of furan rings is 1. The SMILES string of the molecule is O=C(O)CCNc1cccnc1.O=C(O)CCNc1ccco1. The number of hydrogen-bond acceptors (Lipinski definition) is 6. The molecule has 23 heavy (non-hydrogen) atoms. The third kappa shape index (κ3) is 9.51. The van der Waals surface area contributed by atoms with Crippen LogP contribution < -0.4 is 10.6 Å². The van der Waals surface area contributed by atoms with Gasteiger partial charge in [0, 0.05) is 31.5 Å². The summed E-state index contributed by atoms with van der Waals surface area (Å²) >= 11 is 0. The lowest BCUT2D eigenvalue weighted by Crippen LogP contribution is -2.07. The number of rotatable bonds is 8. The molecule has 0 aliphatic rings. The Morgan fingerprint density at radius 3 is 2.26 bits per heavy atom. The van der Waals surface area contributed by atoms with E-state index in [1.54, 1.807) is 30.6 Å². The Bertz CT molecular complexity index is 572. The van der Waals surface area contributed by atoms with Crippen molar-refractivity contribution in [3.63, 3.8) is 0 Å². The first-order valence-electron chi connectivity index (χ1n) is 6.93. The maximum atomic E-state index is 10.1. The minimum absolute atomic E-state index is 0.0979. The first-order valence-corrected chi connectivity index (χ1v) is 6.93. The summed E-state index contributed by atoms with van der Waals surface area (Å²) in [4.78, 5) is 24.1. The number of aromatic nitrogens is 1. The van der Waals surface area contributed by atoms with Gasteiger partial charge < -0.3 is 25.3 Å². The maximum absolute atomic E-state index is 10.1. The standard InChI is InChI=1S/C8H10N2O2.C7H9NO3/c11-8(12)3-5-10-7-2-1-4-9-6-7;9-7(10)3-4-8-6-2-1-5-11-6/h1-2,4,6,10H,3,5H2,(H,11,12);1-2,5,8H,3-4H2,(H,9,10). The molecular formula is C15H19N3O5. The third-order valence-electron chi connectivity index (χ3n) is 2.49. The molecule has 2 aromatic heterocycles. The van der Waals surface area contributed by atoms with Gasteiger partial charge in [0.15, 0.2) is 5.88 Å². The van der Waals surface area contributed by atoms with E-state index in [-0.39, 0.29) is 12.8 Å². The summed E-state index contributed by atoms with van der Waals surface area (Å²) in [6.07, 6.45) is 5.07. The van der Waals surface area contributed by atoms with Crippen molar-refractivity contribution in [2.75, 3.05) is 23.7 Å². The van der Waals surface area contributed by atoms with Crippen LogP contribution in [0.25, 0.3) is 0 Å². The first kappa shape index (κ1) is 18.0. The minimum atomic E-state index is -0.816. The lowest BCUT2D eigenvalue weighted by atomic mass is 10.4. The summed E-state index contributed by atoms with van der Waals surface area (Å²) in [6.45, 7) is 0.823. The fraction of sp³-hybridized carbons (Fsp3) is 0.267. The molecule has 0 fully saturated rings. The van der Waals surface area contributed by atoms with Crippen molar-refractivity contribution in [3.8, 4) is 0 Å². The van der Waals surface area contributed by atoms with Gasteiger partial charge in [-0.1, -0.05) is 0 Å². The molecule has 8 heteroatoms. The van der Waals surface area contributed by atoms with Gasteiger partial charge in [0.05, 0.1) is 24.8 Å². The fourth-order valence-corrected chi connectivity index (χ4v) is 1.45. The van der Waals surface area contributed by atoms with E-state index in [0.29, 0.717) is 19.0 Å². The highest BCUT2D eigenvalue weighted by molar-refractivity contribution is 5.67. The number of aliphatic carboxylic acids is 2. The number of anilines is 2. The van der Waals surface area contributed by atoms with Crippen LogP contribution in [0.1, 0.15) is 12.8 Å². The molecule has 0 radical (unpaired) electrons. The molecule has 0 aliphatic carbocycles. The van der Waals surface area contributed by atoms with E-state index in [0.717, 1.165) is 5.69 Å². The predicted molar refractivity (Wildman–Crippen MR) is 84.4 cm³/mol. The van der Waals surface area contributed by atoms with Gasteiger partial charge in [0.1, 0.15) is 0 Å². The van der Waals surface area contributed by atoms with Crippen molar-refractivity contribution < 1.29 is 24.2 Å². The molecule has 0 bridgehead atoms. The number of hydrogen-bond donors (Lipinski definition) is 4. The Hall–Kier alpha value is -3.03. The molecule has 0 spiro atoms. The van der Waals surface area contributed by atoms with E-state index in [9.17, 15) is 9.59 Å². The molecule has 0 amide bonds.